The van der Waals surface area contributed by atoms with Crippen LogP contribution in [0.4, 0.5) is 5.69 Å². The molecule has 0 saturated carbocycles. The first kappa shape index (κ1) is 14.5. The van der Waals surface area contributed by atoms with Gasteiger partial charge in [-0.2, -0.15) is 0 Å². The lowest BCUT2D eigenvalue weighted by molar-refractivity contribution is 0.0531. The molecule has 0 bridgehead atoms. The van der Waals surface area contributed by atoms with Gasteiger partial charge in [-0.1, -0.05) is 0 Å². The smallest absolute Gasteiger partial charge is 0.253 e. The predicted molar refractivity (Wildman–Crippen MR) is 73.6 cm³/mol. The summed E-state index contributed by atoms with van der Waals surface area (Å²) in [5, 5.41) is 0. The molecular weight excluding hydrogens is 228 g/mol. The lowest BCUT2D eigenvalue weighted by atomic mass is 10.1. The number of amides is 1. The third-order valence-electron chi connectivity index (χ3n) is 2.71. The highest BCUT2D eigenvalue weighted by molar-refractivity contribution is 5.95. The van der Waals surface area contributed by atoms with Gasteiger partial charge in [0.2, 0.25) is 0 Å². The maximum absolute atomic E-state index is 12.2. The minimum atomic E-state index is -0.000133. The zero-order valence-electron chi connectivity index (χ0n) is 11.6. The van der Waals surface area contributed by atoms with Gasteiger partial charge < -0.3 is 15.4 Å². The van der Waals surface area contributed by atoms with Gasteiger partial charge in [0.25, 0.3) is 5.91 Å². The van der Waals surface area contributed by atoms with Crippen molar-refractivity contribution in [2.75, 3.05) is 25.9 Å². The van der Waals surface area contributed by atoms with Gasteiger partial charge in [0.1, 0.15) is 0 Å². The molecule has 0 spiro atoms. The molecule has 0 heterocycles. The van der Waals surface area contributed by atoms with Crippen molar-refractivity contribution in [1.29, 1.82) is 0 Å². The van der Waals surface area contributed by atoms with Gasteiger partial charge in [-0.05, 0) is 44.5 Å². The summed E-state index contributed by atoms with van der Waals surface area (Å²) in [6, 6.07) is 5.33. The summed E-state index contributed by atoms with van der Waals surface area (Å²) in [6.45, 7) is 6.98. The summed E-state index contributed by atoms with van der Waals surface area (Å²) in [5.41, 5.74) is 7.94. The average molecular weight is 250 g/mol. The molecule has 18 heavy (non-hydrogen) atoms. The Bertz CT molecular complexity index is 416. The van der Waals surface area contributed by atoms with Gasteiger partial charge in [0, 0.05) is 24.8 Å². The van der Waals surface area contributed by atoms with Gasteiger partial charge in [-0.25, -0.2) is 0 Å². The number of ether oxygens (including phenoxy) is 1. The van der Waals surface area contributed by atoms with Crippen LogP contribution in [0.1, 0.15) is 29.8 Å². The van der Waals surface area contributed by atoms with Crippen molar-refractivity contribution in [3.05, 3.63) is 29.3 Å². The molecule has 4 nitrogen and oxygen atoms in total. The van der Waals surface area contributed by atoms with Crippen LogP contribution in [-0.2, 0) is 4.74 Å². The number of hydrogen-bond acceptors (Lipinski definition) is 3. The molecular formula is C14H22N2O2. The van der Waals surface area contributed by atoms with Gasteiger partial charge in [0.05, 0.1) is 12.7 Å². The molecule has 1 aromatic carbocycles. The molecule has 0 fully saturated rings. The highest BCUT2D eigenvalue weighted by Crippen LogP contribution is 2.14. The highest BCUT2D eigenvalue weighted by atomic mass is 16.5. The van der Waals surface area contributed by atoms with E-state index in [0.29, 0.717) is 24.4 Å². The number of likely N-dealkylation sites (N-methyl/N-ethyl adjacent to an activating group) is 1. The van der Waals surface area contributed by atoms with Crippen molar-refractivity contribution in [3.8, 4) is 0 Å². The molecule has 0 aliphatic rings. The van der Waals surface area contributed by atoms with E-state index in [1.807, 2.05) is 26.8 Å². The number of benzene rings is 1. The lowest BCUT2D eigenvalue weighted by Gasteiger charge is -2.19. The van der Waals surface area contributed by atoms with E-state index < -0.39 is 0 Å². The number of aryl methyl sites for hydroxylation is 1. The molecule has 0 radical (unpaired) electrons. The van der Waals surface area contributed by atoms with Crippen LogP contribution in [0, 0.1) is 6.92 Å². The van der Waals surface area contributed by atoms with E-state index in [2.05, 4.69) is 0 Å². The van der Waals surface area contributed by atoms with E-state index in [1.54, 1.807) is 24.1 Å². The largest absolute Gasteiger partial charge is 0.399 e. The standard InChI is InChI=1S/C14H22N2O2/c1-10(2)18-8-7-16(4)14(17)13-6-5-12(15)9-11(13)3/h5-6,9-10H,7-8,15H2,1-4H3. The molecule has 0 saturated heterocycles. The van der Waals surface area contributed by atoms with Crippen LogP contribution in [0.5, 0.6) is 0 Å². The molecule has 0 unspecified atom stereocenters. The summed E-state index contributed by atoms with van der Waals surface area (Å²) >= 11 is 0. The summed E-state index contributed by atoms with van der Waals surface area (Å²) in [4.78, 5) is 13.8. The molecule has 1 rings (SSSR count). The van der Waals surface area contributed by atoms with Crippen LogP contribution in [0.15, 0.2) is 18.2 Å². The van der Waals surface area contributed by atoms with Crippen LogP contribution < -0.4 is 5.73 Å². The topological polar surface area (TPSA) is 55.6 Å². The van der Waals surface area contributed by atoms with Crippen molar-refractivity contribution in [3.63, 3.8) is 0 Å². The van der Waals surface area contributed by atoms with E-state index in [4.69, 9.17) is 10.5 Å². The highest BCUT2D eigenvalue weighted by Gasteiger charge is 2.13. The zero-order valence-corrected chi connectivity index (χ0v) is 11.6. The Kier molecular flexibility index (Phi) is 5.16. The number of carbonyl (C=O) groups excluding carboxylic acids is 1. The molecule has 2 N–H and O–H groups in total. The summed E-state index contributed by atoms with van der Waals surface area (Å²) in [7, 11) is 1.78. The van der Waals surface area contributed by atoms with E-state index in [0.717, 1.165) is 5.56 Å². The second-order valence-electron chi connectivity index (χ2n) is 4.72. The van der Waals surface area contributed by atoms with E-state index in [1.165, 1.54) is 0 Å². The Morgan fingerprint density at radius 1 is 1.44 bits per heavy atom. The first-order valence-electron chi connectivity index (χ1n) is 6.15. The van der Waals surface area contributed by atoms with Crippen LogP contribution in [-0.4, -0.2) is 37.1 Å². The molecule has 4 heteroatoms. The zero-order chi connectivity index (χ0) is 13.7. The second kappa shape index (κ2) is 6.40. The van der Waals surface area contributed by atoms with Crippen molar-refractivity contribution in [2.24, 2.45) is 0 Å². The van der Waals surface area contributed by atoms with Gasteiger partial charge >= 0.3 is 0 Å². The minimum Gasteiger partial charge on any atom is -0.399 e. The molecule has 0 aliphatic carbocycles. The Morgan fingerprint density at radius 2 is 2.11 bits per heavy atom. The lowest BCUT2D eigenvalue weighted by Crippen LogP contribution is -2.31. The maximum atomic E-state index is 12.2. The molecule has 0 atom stereocenters. The van der Waals surface area contributed by atoms with E-state index in [-0.39, 0.29) is 12.0 Å². The van der Waals surface area contributed by atoms with Crippen LogP contribution >= 0.6 is 0 Å². The number of hydrogen-bond donors (Lipinski definition) is 1. The SMILES string of the molecule is Cc1cc(N)ccc1C(=O)N(C)CCOC(C)C. The molecule has 1 amide bonds. The van der Waals surface area contributed by atoms with E-state index in [9.17, 15) is 4.79 Å². The Labute approximate surface area is 109 Å². The fraction of sp³-hybridized carbons (Fsp3) is 0.500. The van der Waals surface area contributed by atoms with Gasteiger partial charge in [-0.3, -0.25) is 4.79 Å². The normalized spacial score (nSPS) is 10.7. The van der Waals surface area contributed by atoms with Crippen LogP contribution in [0.2, 0.25) is 0 Å². The molecule has 0 aromatic heterocycles. The predicted octanol–water partition coefficient (Wildman–Crippen LogP) is 2.07. The number of rotatable bonds is 5. The average Bonchev–Trinajstić information content (AvgIpc) is 2.27. The summed E-state index contributed by atoms with van der Waals surface area (Å²) < 4.78 is 5.43. The number of anilines is 1. The molecule has 1 aromatic rings. The van der Waals surface area contributed by atoms with Crippen molar-refractivity contribution >= 4 is 11.6 Å². The van der Waals surface area contributed by atoms with Crippen molar-refractivity contribution < 1.29 is 9.53 Å². The number of nitrogens with zero attached hydrogens (tertiary/aromatic N) is 1. The van der Waals surface area contributed by atoms with Crippen LogP contribution in [0.25, 0.3) is 0 Å². The second-order valence-corrected chi connectivity index (χ2v) is 4.72. The quantitative estimate of drug-likeness (QED) is 0.814. The fourth-order valence-electron chi connectivity index (χ4n) is 1.66. The third kappa shape index (κ3) is 4.04. The van der Waals surface area contributed by atoms with Gasteiger partial charge in [0.15, 0.2) is 0 Å². The number of carbonyl (C=O) groups is 1. The molecule has 0 aliphatic heterocycles. The number of nitrogens with two attached hydrogens (primary N) is 1. The summed E-state index contributed by atoms with van der Waals surface area (Å²) in [6.07, 6.45) is 0.187. The molecule has 100 valence electrons. The first-order valence-corrected chi connectivity index (χ1v) is 6.15. The summed E-state index contributed by atoms with van der Waals surface area (Å²) in [5.74, 6) is -0.000133. The van der Waals surface area contributed by atoms with E-state index >= 15 is 0 Å². The Hall–Kier alpha value is -1.55. The third-order valence-corrected chi connectivity index (χ3v) is 2.71. The monoisotopic (exact) mass is 250 g/mol. The number of nitrogen functional groups attached to an aromatic ring is 1. The van der Waals surface area contributed by atoms with Gasteiger partial charge in [-0.15, -0.1) is 0 Å². The minimum absolute atomic E-state index is 0.000133. The van der Waals surface area contributed by atoms with Crippen LogP contribution in [0.3, 0.4) is 0 Å². The Balaban J connectivity index is 2.63. The maximum Gasteiger partial charge on any atom is 0.253 e. The fourth-order valence-corrected chi connectivity index (χ4v) is 1.66. The van der Waals surface area contributed by atoms with Crippen molar-refractivity contribution in [2.45, 2.75) is 26.9 Å². The Morgan fingerprint density at radius 3 is 2.67 bits per heavy atom. The van der Waals surface area contributed by atoms with Crippen molar-refractivity contribution in [1.82, 2.24) is 4.90 Å². The first-order chi connectivity index (χ1) is 8.41.